The zero-order valence-electron chi connectivity index (χ0n) is 10.3. The smallest absolute Gasteiger partial charge is 0.392 e. The van der Waals surface area contributed by atoms with E-state index in [1.807, 2.05) is 0 Å². The average Bonchev–Trinajstić information content (AvgIpc) is 2.24. The third kappa shape index (κ3) is 1.85. The molecular formula is C12H15F2O4S-. The lowest BCUT2D eigenvalue weighted by atomic mass is 9.48. The van der Waals surface area contributed by atoms with Crippen LogP contribution in [-0.2, 0) is 14.9 Å². The van der Waals surface area contributed by atoms with E-state index in [2.05, 4.69) is 0 Å². The molecule has 4 bridgehead atoms. The molecule has 4 fully saturated rings. The molecule has 0 heterocycles. The van der Waals surface area contributed by atoms with Gasteiger partial charge < -0.3 is 4.55 Å². The van der Waals surface area contributed by atoms with Crippen molar-refractivity contribution in [3.8, 4) is 0 Å². The molecule has 0 aromatic carbocycles. The van der Waals surface area contributed by atoms with Gasteiger partial charge in [-0.2, -0.15) is 8.78 Å². The molecule has 0 atom stereocenters. The first-order valence-electron chi connectivity index (χ1n) is 6.52. The Bertz CT molecular complexity index is 491. The minimum absolute atomic E-state index is 0.236. The number of carbonyl (C=O) groups is 1. The van der Waals surface area contributed by atoms with E-state index >= 15 is 0 Å². The predicted molar refractivity (Wildman–Crippen MR) is 60.3 cm³/mol. The Hall–Kier alpha value is -0.560. The van der Waals surface area contributed by atoms with Crippen molar-refractivity contribution in [3.63, 3.8) is 0 Å². The Balaban J connectivity index is 1.96. The highest BCUT2D eigenvalue weighted by Crippen LogP contribution is 2.61. The SMILES string of the molecule is O=C(C12CC3CC(CC(C3)C1)C2)C(F)(F)S(=O)(=O)[O-]. The molecule has 7 heteroatoms. The summed E-state index contributed by atoms with van der Waals surface area (Å²) in [6.45, 7) is 0. The molecule has 0 aliphatic heterocycles. The van der Waals surface area contributed by atoms with Gasteiger partial charge in [-0.1, -0.05) is 0 Å². The molecule has 0 saturated heterocycles. The molecule has 0 N–H and O–H groups in total. The number of Topliss-reactive ketones (excluding diaryl/α,β-unsaturated/α-hetero) is 1. The zero-order valence-corrected chi connectivity index (χ0v) is 11.1. The molecule has 0 amide bonds. The second kappa shape index (κ2) is 3.75. The predicted octanol–water partition coefficient (Wildman–Crippen LogP) is 1.91. The minimum Gasteiger partial charge on any atom is -0.743 e. The van der Waals surface area contributed by atoms with Crippen LogP contribution < -0.4 is 0 Å². The fourth-order valence-electron chi connectivity index (χ4n) is 4.81. The van der Waals surface area contributed by atoms with Crippen LogP contribution in [0.3, 0.4) is 0 Å². The summed E-state index contributed by atoms with van der Waals surface area (Å²) in [5.41, 5.74) is -1.27. The summed E-state index contributed by atoms with van der Waals surface area (Å²) in [5.74, 6) is -0.935. The topological polar surface area (TPSA) is 74.3 Å². The van der Waals surface area contributed by atoms with E-state index in [0.29, 0.717) is 19.3 Å². The largest absolute Gasteiger partial charge is 0.743 e. The third-order valence-corrected chi connectivity index (χ3v) is 5.91. The van der Waals surface area contributed by atoms with Gasteiger partial charge in [-0.15, -0.1) is 0 Å². The number of rotatable bonds is 3. The van der Waals surface area contributed by atoms with Crippen LogP contribution in [0.15, 0.2) is 0 Å². The molecule has 0 aromatic rings. The molecule has 4 nitrogen and oxygen atoms in total. The monoisotopic (exact) mass is 293 g/mol. The van der Waals surface area contributed by atoms with Crippen molar-refractivity contribution in [2.45, 2.75) is 43.8 Å². The molecule has 0 radical (unpaired) electrons. The van der Waals surface area contributed by atoms with Crippen LogP contribution in [0.1, 0.15) is 38.5 Å². The lowest BCUT2D eigenvalue weighted by molar-refractivity contribution is -0.159. The number of hydrogen-bond donors (Lipinski definition) is 0. The van der Waals surface area contributed by atoms with Gasteiger partial charge in [0.25, 0.3) is 0 Å². The van der Waals surface area contributed by atoms with Gasteiger partial charge >= 0.3 is 5.25 Å². The molecule has 4 aliphatic rings. The van der Waals surface area contributed by atoms with Crippen LogP contribution in [-0.4, -0.2) is 24.0 Å². The summed E-state index contributed by atoms with van der Waals surface area (Å²) in [7, 11) is -5.93. The fourth-order valence-corrected chi connectivity index (χ4v) is 5.25. The molecule has 108 valence electrons. The first-order chi connectivity index (χ1) is 8.64. The van der Waals surface area contributed by atoms with Crippen LogP contribution >= 0.6 is 0 Å². The van der Waals surface area contributed by atoms with Gasteiger partial charge in [0.2, 0.25) is 5.78 Å². The Kier molecular flexibility index (Phi) is 2.65. The number of alkyl halides is 2. The number of ketones is 1. The summed E-state index contributed by atoms with van der Waals surface area (Å²) in [5, 5.41) is -4.78. The summed E-state index contributed by atoms with van der Waals surface area (Å²) < 4.78 is 59.2. The van der Waals surface area contributed by atoms with Crippen molar-refractivity contribution in [2.75, 3.05) is 0 Å². The maximum absolute atomic E-state index is 13.6. The highest BCUT2D eigenvalue weighted by molar-refractivity contribution is 7.87. The van der Waals surface area contributed by atoms with Gasteiger partial charge in [-0.05, 0) is 56.3 Å². The van der Waals surface area contributed by atoms with E-state index in [0.717, 1.165) is 19.3 Å². The Morgan fingerprint density at radius 2 is 1.42 bits per heavy atom. The van der Waals surface area contributed by atoms with Gasteiger partial charge in [0, 0.05) is 5.41 Å². The van der Waals surface area contributed by atoms with Crippen LogP contribution in [0, 0.1) is 23.2 Å². The molecule has 0 aromatic heterocycles. The molecular weight excluding hydrogens is 278 g/mol. The van der Waals surface area contributed by atoms with Crippen LogP contribution in [0.2, 0.25) is 0 Å². The van der Waals surface area contributed by atoms with Gasteiger partial charge in [-0.3, -0.25) is 4.79 Å². The lowest BCUT2D eigenvalue weighted by Crippen LogP contribution is -2.56. The third-order valence-electron chi connectivity index (χ3n) is 5.10. The average molecular weight is 293 g/mol. The number of carbonyl (C=O) groups excluding carboxylic acids is 1. The first kappa shape index (κ1) is 13.4. The van der Waals surface area contributed by atoms with Crippen molar-refractivity contribution in [3.05, 3.63) is 0 Å². The van der Waals surface area contributed by atoms with E-state index in [9.17, 15) is 26.5 Å². The summed E-state index contributed by atoms with van der Waals surface area (Å²) in [6.07, 6.45) is 3.81. The molecule has 4 aliphatic carbocycles. The number of hydrogen-bond acceptors (Lipinski definition) is 4. The van der Waals surface area contributed by atoms with Crippen molar-refractivity contribution < 1.29 is 26.5 Å². The maximum Gasteiger partial charge on any atom is 0.392 e. The van der Waals surface area contributed by atoms with E-state index in [1.54, 1.807) is 0 Å². The Morgan fingerprint density at radius 3 is 1.74 bits per heavy atom. The van der Waals surface area contributed by atoms with Gasteiger partial charge in [-0.25, -0.2) is 8.42 Å². The summed E-state index contributed by atoms with van der Waals surface area (Å²) >= 11 is 0. The zero-order chi connectivity index (χ0) is 14.1. The quantitative estimate of drug-likeness (QED) is 0.745. The second-order valence-corrected chi connectivity index (χ2v) is 7.92. The van der Waals surface area contributed by atoms with Crippen LogP contribution in [0.5, 0.6) is 0 Å². The number of halogens is 2. The van der Waals surface area contributed by atoms with Crippen LogP contribution in [0.25, 0.3) is 0 Å². The molecule has 4 rings (SSSR count). The molecule has 0 spiro atoms. The molecule has 4 saturated carbocycles. The van der Waals surface area contributed by atoms with Gasteiger partial charge in [0.05, 0.1) is 0 Å². The first-order valence-corrected chi connectivity index (χ1v) is 7.93. The van der Waals surface area contributed by atoms with Crippen molar-refractivity contribution >= 4 is 15.9 Å². The van der Waals surface area contributed by atoms with E-state index in [1.165, 1.54) is 0 Å². The second-order valence-electron chi connectivity index (χ2n) is 6.50. The normalized spacial score (nSPS) is 41.5. The standard InChI is InChI=1S/C12H16F2O4S/c13-12(14,19(16,17)18)10(15)11-4-7-1-8(5-11)3-9(2-7)6-11/h7-9H,1-6H2,(H,16,17,18)/p-1. The Morgan fingerprint density at radius 1 is 1.05 bits per heavy atom. The Labute approximate surface area is 110 Å². The highest BCUT2D eigenvalue weighted by atomic mass is 32.2. The molecule has 19 heavy (non-hydrogen) atoms. The van der Waals surface area contributed by atoms with Gasteiger partial charge in [0.15, 0.2) is 10.1 Å². The highest BCUT2D eigenvalue weighted by Gasteiger charge is 2.62. The fraction of sp³-hybridized carbons (Fsp3) is 0.917. The molecule has 0 unspecified atom stereocenters. The summed E-state index contributed by atoms with van der Waals surface area (Å²) in [6, 6.07) is 0. The van der Waals surface area contributed by atoms with Crippen molar-refractivity contribution in [1.82, 2.24) is 0 Å². The van der Waals surface area contributed by atoms with Crippen molar-refractivity contribution in [2.24, 2.45) is 23.2 Å². The van der Waals surface area contributed by atoms with E-state index in [4.69, 9.17) is 0 Å². The van der Waals surface area contributed by atoms with E-state index in [-0.39, 0.29) is 17.8 Å². The van der Waals surface area contributed by atoms with E-state index < -0.39 is 26.6 Å². The summed E-state index contributed by atoms with van der Waals surface area (Å²) in [4.78, 5) is 12.0. The minimum atomic E-state index is -5.93. The van der Waals surface area contributed by atoms with Crippen LogP contribution in [0.4, 0.5) is 8.78 Å². The van der Waals surface area contributed by atoms with Crippen molar-refractivity contribution in [1.29, 1.82) is 0 Å². The maximum atomic E-state index is 13.6. The lowest BCUT2D eigenvalue weighted by Gasteiger charge is -2.56. The van der Waals surface area contributed by atoms with Gasteiger partial charge in [0.1, 0.15) is 0 Å².